The Morgan fingerprint density at radius 2 is 1.41 bits per heavy atom. The molecule has 180 valence electrons. The van der Waals surface area contributed by atoms with Gasteiger partial charge in [-0.05, 0) is 91.5 Å². The molecule has 6 heterocycles. The molecule has 0 radical (unpaired) electrons. The molecule has 8 heteroatoms. The average molecular weight is 447 g/mol. The molecule has 10 atom stereocenters. The SMILES string of the molecule is CC(=O)C1CC2C3CNCCC3NC2N1C.CC(=O)C1CC2C3NCCCC3NC2N1C. The van der Waals surface area contributed by atoms with Crippen LogP contribution in [0.2, 0.25) is 0 Å². The molecule has 0 spiro atoms. The van der Waals surface area contributed by atoms with E-state index in [4.69, 9.17) is 0 Å². The maximum Gasteiger partial charge on any atom is 0.146 e. The number of ketones is 2. The van der Waals surface area contributed by atoms with Crippen molar-refractivity contribution in [2.45, 2.75) is 88.5 Å². The van der Waals surface area contributed by atoms with E-state index in [1.165, 1.54) is 19.3 Å². The minimum atomic E-state index is 0.132. The predicted molar refractivity (Wildman–Crippen MR) is 124 cm³/mol. The van der Waals surface area contributed by atoms with Gasteiger partial charge in [0.1, 0.15) is 11.6 Å². The van der Waals surface area contributed by atoms with Crippen LogP contribution in [0.4, 0.5) is 0 Å². The van der Waals surface area contributed by atoms with E-state index in [0.29, 0.717) is 53.9 Å². The minimum absolute atomic E-state index is 0.132. The van der Waals surface area contributed by atoms with E-state index in [2.05, 4.69) is 45.2 Å². The summed E-state index contributed by atoms with van der Waals surface area (Å²) in [4.78, 5) is 27.6. The van der Waals surface area contributed by atoms with Crippen LogP contribution in [0.5, 0.6) is 0 Å². The molecule has 0 amide bonds. The van der Waals surface area contributed by atoms with E-state index < -0.39 is 0 Å². The number of nitrogens with zero attached hydrogens (tertiary/aromatic N) is 2. The van der Waals surface area contributed by atoms with Crippen LogP contribution < -0.4 is 21.3 Å². The Balaban J connectivity index is 0.000000135. The first kappa shape index (κ1) is 22.9. The van der Waals surface area contributed by atoms with Crippen molar-refractivity contribution in [2.24, 2.45) is 17.8 Å². The first-order valence-electron chi connectivity index (χ1n) is 12.8. The first-order chi connectivity index (χ1) is 15.4. The molecule has 10 unspecified atom stereocenters. The van der Waals surface area contributed by atoms with Crippen molar-refractivity contribution in [1.82, 2.24) is 31.1 Å². The summed E-state index contributed by atoms with van der Waals surface area (Å²) in [6, 6.07) is 2.16. The Labute approximate surface area is 192 Å². The van der Waals surface area contributed by atoms with E-state index in [9.17, 15) is 9.59 Å². The summed E-state index contributed by atoms with van der Waals surface area (Å²) in [6.07, 6.45) is 6.70. The lowest BCUT2D eigenvalue weighted by Gasteiger charge is -2.30. The largest absolute Gasteiger partial charge is 0.316 e. The van der Waals surface area contributed by atoms with Crippen LogP contribution in [0.15, 0.2) is 0 Å². The minimum Gasteiger partial charge on any atom is -0.316 e. The Hall–Kier alpha value is -0.900. The standard InChI is InChI=1S/2C12H21N3O/c1-7(16)11-5-8-9-6-13-4-3-10(9)14-12(8)15(11)2;1-7(16)10-6-8-11-9(4-3-5-13-11)14-12(8)15(10)2/h2*8-14H,3-6H2,1-2H3. The highest BCUT2D eigenvalue weighted by molar-refractivity contribution is 5.82. The van der Waals surface area contributed by atoms with Gasteiger partial charge in [0.25, 0.3) is 0 Å². The number of rotatable bonds is 2. The van der Waals surface area contributed by atoms with E-state index in [0.717, 1.165) is 38.4 Å². The van der Waals surface area contributed by atoms with Gasteiger partial charge in [0, 0.05) is 24.0 Å². The van der Waals surface area contributed by atoms with E-state index >= 15 is 0 Å². The number of Topliss-reactive ketones (excluding diaryl/α,β-unsaturated/α-hetero) is 2. The van der Waals surface area contributed by atoms with Gasteiger partial charge in [0.2, 0.25) is 0 Å². The van der Waals surface area contributed by atoms with Gasteiger partial charge in [-0.3, -0.25) is 30.0 Å². The zero-order chi connectivity index (χ0) is 22.6. The van der Waals surface area contributed by atoms with Gasteiger partial charge in [0.05, 0.1) is 24.4 Å². The van der Waals surface area contributed by atoms with Crippen LogP contribution in [0.1, 0.15) is 46.0 Å². The number of nitrogens with one attached hydrogen (secondary N) is 4. The fourth-order valence-electron chi connectivity index (χ4n) is 7.76. The highest BCUT2D eigenvalue weighted by Gasteiger charge is 2.53. The van der Waals surface area contributed by atoms with Gasteiger partial charge < -0.3 is 10.6 Å². The maximum atomic E-state index is 11.6. The molecule has 0 bridgehead atoms. The molecule has 8 nitrogen and oxygen atoms in total. The smallest absolute Gasteiger partial charge is 0.146 e. The molecule has 32 heavy (non-hydrogen) atoms. The summed E-state index contributed by atoms with van der Waals surface area (Å²) >= 11 is 0. The van der Waals surface area contributed by atoms with Crippen molar-refractivity contribution in [1.29, 1.82) is 0 Å². The van der Waals surface area contributed by atoms with Crippen molar-refractivity contribution in [3.63, 3.8) is 0 Å². The lowest BCUT2D eigenvalue weighted by molar-refractivity contribution is -0.122. The molecule has 6 rings (SSSR count). The molecule has 6 saturated heterocycles. The van der Waals surface area contributed by atoms with Crippen molar-refractivity contribution in [3.05, 3.63) is 0 Å². The summed E-state index contributed by atoms with van der Waals surface area (Å²) < 4.78 is 0. The highest BCUT2D eigenvalue weighted by atomic mass is 16.1. The molecular weight excluding hydrogens is 404 g/mol. The fourth-order valence-corrected chi connectivity index (χ4v) is 7.76. The Morgan fingerprint density at radius 3 is 2.09 bits per heavy atom. The predicted octanol–water partition coefficient (Wildman–Crippen LogP) is -0.251. The second-order valence-corrected chi connectivity index (χ2v) is 11.1. The van der Waals surface area contributed by atoms with Crippen molar-refractivity contribution in [3.8, 4) is 0 Å². The molecule has 0 aromatic heterocycles. The summed E-state index contributed by atoms with van der Waals surface area (Å²) in [5.74, 6) is 2.64. The Morgan fingerprint density at radius 1 is 0.781 bits per heavy atom. The van der Waals surface area contributed by atoms with Gasteiger partial charge >= 0.3 is 0 Å². The maximum absolute atomic E-state index is 11.6. The third-order valence-corrected chi connectivity index (χ3v) is 9.42. The van der Waals surface area contributed by atoms with Crippen molar-refractivity contribution < 1.29 is 9.59 Å². The van der Waals surface area contributed by atoms with Gasteiger partial charge in [-0.1, -0.05) is 0 Å². The third kappa shape index (κ3) is 3.87. The summed E-state index contributed by atoms with van der Waals surface area (Å²) in [5.41, 5.74) is 0. The van der Waals surface area contributed by atoms with Gasteiger partial charge in [-0.15, -0.1) is 0 Å². The molecule has 0 aliphatic carbocycles. The lowest BCUT2D eigenvalue weighted by Crippen LogP contribution is -2.50. The monoisotopic (exact) mass is 446 g/mol. The number of fused-ring (bicyclic) bond motifs is 6. The van der Waals surface area contributed by atoms with Crippen LogP contribution in [0.25, 0.3) is 0 Å². The molecule has 0 aromatic rings. The van der Waals surface area contributed by atoms with E-state index in [1.807, 2.05) is 0 Å². The first-order valence-corrected chi connectivity index (χ1v) is 12.8. The Bertz CT molecular complexity index is 673. The topological polar surface area (TPSA) is 88.7 Å². The van der Waals surface area contributed by atoms with Crippen LogP contribution in [0.3, 0.4) is 0 Å². The Kier molecular flexibility index (Phi) is 6.46. The number of carbonyl (C=O) groups is 2. The number of piperidine rings is 2. The summed E-state index contributed by atoms with van der Waals surface area (Å²) in [6.45, 7) is 6.83. The number of hydrogen-bond donors (Lipinski definition) is 4. The molecular formula is C24H42N6O2. The molecule has 6 aliphatic rings. The number of likely N-dealkylation sites (N-methyl/N-ethyl adjacent to an activating group) is 2. The molecule has 6 aliphatic heterocycles. The molecule has 0 aromatic carbocycles. The van der Waals surface area contributed by atoms with Gasteiger partial charge in [-0.2, -0.15) is 0 Å². The number of hydrogen-bond acceptors (Lipinski definition) is 8. The quantitative estimate of drug-likeness (QED) is 0.462. The zero-order valence-electron chi connectivity index (χ0n) is 20.1. The average Bonchev–Trinajstić information content (AvgIpc) is 3.49. The lowest BCUT2D eigenvalue weighted by atomic mass is 9.84. The van der Waals surface area contributed by atoms with Gasteiger partial charge in [0.15, 0.2) is 0 Å². The zero-order valence-corrected chi connectivity index (χ0v) is 20.1. The van der Waals surface area contributed by atoms with Crippen LogP contribution in [-0.4, -0.2) is 97.6 Å². The van der Waals surface area contributed by atoms with E-state index in [-0.39, 0.29) is 12.1 Å². The second-order valence-electron chi connectivity index (χ2n) is 11.1. The summed E-state index contributed by atoms with van der Waals surface area (Å²) in [7, 11) is 4.18. The summed E-state index contributed by atoms with van der Waals surface area (Å²) in [5, 5.41) is 14.5. The molecule has 0 saturated carbocycles. The molecule has 6 fully saturated rings. The van der Waals surface area contributed by atoms with Crippen LogP contribution >= 0.6 is 0 Å². The van der Waals surface area contributed by atoms with Gasteiger partial charge in [-0.25, -0.2) is 0 Å². The van der Waals surface area contributed by atoms with Crippen LogP contribution in [0, 0.1) is 17.8 Å². The van der Waals surface area contributed by atoms with Crippen molar-refractivity contribution in [2.75, 3.05) is 33.7 Å². The molecule has 4 N–H and O–H groups in total. The third-order valence-electron chi connectivity index (χ3n) is 9.42. The normalized spacial score (nSPS) is 47.8. The number of carbonyl (C=O) groups excluding carboxylic acids is 2. The van der Waals surface area contributed by atoms with E-state index in [1.54, 1.807) is 13.8 Å². The highest BCUT2D eigenvalue weighted by Crippen LogP contribution is 2.41. The number of likely N-dealkylation sites (tertiary alicyclic amines) is 2. The van der Waals surface area contributed by atoms with Crippen LogP contribution in [-0.2, 0) is 9.59 Å². The van der Waals surface area contributed by atoms with Crippen molar-refractivity contribution >= 4 is 11.6 Å². The second kappa shape index (κ2) is 9.04. The fraction of sp³-hybridized carbons (Fsp3) is 0.917.